The van der Waals surface area contributed by atoms with Crippen molar-refractivity contribution in [2.45, 2.75) is 37.1 Å². The molecule has 2 rings (SSSR count). The monoisotopic (exact) mass is 299 g/mol. The Bertz CT molecular complexity index is 548. The van der Waals surface area contributed by atoms with Crippen LogP contribution in [0.2, 0.25) is 0 Å². The number of sulfonamides is 1. The molecule has 112 valence electrons. The average molecular weight is 299 g/mol. The third kappa shape index (κ3) is 2.94. The molecule has 1 unspecified atom stereocenters. The first-order chi connectivity index (χ1) is 9.61. The van der Waals surface area contributed by atoms with E-state index in [0.717, 1.165) is 12.8 Å². The van der Waals surface area contributed by atoms with Gasteiger partial charge in [0, 0.05) is 31.5 Å². The Balaban J connectivity index is 2.34. The van der Waals surface area contributed by atoms with Crippen LogP contribution in [-0.2, 0) is 10.0 Å². The van der Waals surface area contributed by atoms with Gasteiger partial charge in [0.15, 0.2) is 0 Å². The second-order valence-electron chi connectivity index (χ2n) is 4.89. The first-order valence-corrected chi connectivity index (χ1v) is 8.35. The third-order valence-corrected chi connectivity index (χ3v) is 5.45. The number of pyridine rings is 1. The summed E-state index contributed by atoms with van der Waals surface area (Å²) in [4.78, 5) is 4.12. The van der Waals surface area contributed by atoms with Crippen molar-refractivity contribution in [1.29, 1.82) is 0 Å². The highest BCUT2D eigenvalue weighted by molar-refractivity contribution is 7.89. The molecule has 2 N–H and O–H groups in total. The number of aromatic nitrogens is 1. The van der Waals surface area contributed by atoms with Crippen LogP contribution in [0.1, 0.15) is 26.2 Å². The topological polar surface area (TPSA) is 82.5 Å². The summed E-state index contributed by atoms with van der Waals surface area (Å²) in [7, 11) is -3.61. The van der Waals surface area contributed by atoms with Crippen LogP contribution in [0.4, 0.5) is 5.69 Å². The summed E-state index contributed by atoms with van der Waals surface area (Å²) >= 11 is 0. The molecule has 0 spiro atoms. The number of anilines is 1. The fraction of sp³-hybridized carbons (Fsp3) is 0.615. The van der Waals surface area contributed by atoms with Crippen molar-refractivity contribution in [2.24, 2.45) is 0 Å². The summed E-state index contributed by atoms with van der Waals surface area (Å²) in [6.45, 7) is 3.04. The summed E-state index contributed by atoms with van der Waals surface area (Å²) < 4.78 is 26.8. The highest BCUT2D eigenvalue weighted by atomic mass is 32.2. The van der Waals surface area contributed by atoms with E-state index < -0.39 is 10.0 Å². The minimum Gasteiger partial charge on any atom is -0.395 e. The number of nitrogens with zero attached hydrogens (tertiary/aromatic N) is 2. The zero-order valence-electron chi connectivity index (χ0n) is 11.6. The lowest BCUT2D eigenvalue weighted by molar-refractivity contribution is 0.213. The SMILES string of the molecule is CCCNc1ccncc1S(=O)(=O)N1CCCC1CO. The van der Waals surface area contributed by atoms with E-state index in [2.05, 4.69) is 10.3 Å². The summed E-state index contributed by atoms with van der Waals surface area (Å²) in [5.74, 6) is 0. The van der Waals surface area contributed by atoms with Crippen LogP contribution < -0.4 is 5.32 Å². The van der Waals surface area contributed by atoms with Crippen molar-refractivity contribution < 1.29 is 13.5 Å². The summed E-state index contributed by atoms with van der Waals surface area (Å²) in [5, 5.41) is 12.4. The van der Waals surface area contributed by atoms with Crippen molar-refractivity contribution in [3.05, 3.63) is 18.5 Å². The van der Waals surface area contributed by atoms with E-state index in [4.69, 9.17) is 0 Å². The van der Waals surface area contributed by atoms with Crippen LogP contribution in [-0.4, -0.2) is 48.6 Å². The van der Waals surface area contributed by atoms with Crippen LogP contribution in [0.15, 0.2) is 23.4 Å². The third-order valence-electron chi connectivity index (χ3n) is 3.47. The zero-order valence-corrected chi connectivity index (χ0v) is 12.4. The van der Waals surface area contributed by atoms with E-state index in [1.54, 1.807) is 12.3 Å². The molecule has 1 aliphatic rings. The van der Waals surface area contributed by atoms with Gasteiger partial charge in [0.25, 0.3) is 0 Å². The molecule has 7 heteroatoms. The molecule has 1 atom stereocenters. The second-order valence-corrected chi connectivity index (χ2v) is 6.75. The fourth-order valence-corrected chi connectivity index (χ4v) is 4.22. The van der Waals surface area contributed by atoms with Gasteiger partial charge in [-0.05, 0) is 25.3 Å². The number of aliphatic hydroxyl groups is 1. The Morgan fingerprint density at radius 2 is 2.35 bits per heavy atom. The van der Waals surface area contributed by atoms with Gasteiger partial charge < -0.3 is 10.4 Å². The van der Waals surface area contributed by atoms with Gasteiger partial charge in [-0.1, -0.05) is 6.92 Å². The molecule has 0 aliphatic carbocycles. The second kappa shape index (κ2) is 6.51. The normalized spacial score (nSPS) is 20.2. The molecular weight excluding hydrogens is 278 g/mol. The molecule has 0 aromatic carbocycles. The van der Waals surface area contributed by atoms with Gasteiger partial charge >= 0.3 is 0 Å². The van der Waals surface area contributed by atoms with E-state index in [-0.39, 0.29) is 17.5 Å². The van der Waals surface area contributed by atoms with E-state index in [0.29, 0.717) is 25.2 Å². The quantitative estimate of drug-likeness (QED) is 0.820. The molecule has 1 saturated heterocycles. The maximum Gasteiger partial charge on any atom is 0.247 e. The number of rotatable bonds is 6. The Hall–Kier alpha value is -1.18. The first kappa shape index (κ1) is 15.2. The Kier molecular flexibility index (Phi) is 4.95. The highest BCUT2D eigenvalue weighted by Gasteiger charge is 2.36. The summed E-state index contributed by atoms with van der Waals surface area (Å²) in [6, 6.07) is 1.35. The van der Waals surface area contributed by atoms with Crippen molar-refractivity contribution in [3.8, 4) is 0 Å². The standard InChI is InChI=1S/C13H21N3O3S/c1-2-6-15-12-5-7-14-9-13(12)20(18,19)16-8-3-4-11(16)10-17/h5,7,9,11,17H,2-4,6,8,10H2,1H3,(H,14,15). The van der Waals surface area contributed by atoms with Crippen molar-refractivity contribution in [2.75, 3.05) is 25.0 Å². The molecule has 1 aliphatic heterocycles. The molecular formula is C13H21N3O3S. The van der Waals surface area contributed by atoms with Gasteiger partial charge in [-0.15, -0.1) is 0 Å². The molecule has 1 aromatic heterocycles. The van der Waals surface area contributed by atoms with Crippen LogP contribution in [0, 0.1) is 0 Å². The minimum atomic E-state index is -3.61. The predicted molar refractivity (Wildman–Crippen MR) is 77.0 cm³/mol. The lowest BCUT2D eigenvalue weighted by Gasteiger charge is -2.23. The maximum atomic E-state index is 12.7. The summed E-state index contributed by atoms with van der Waals surface area (Å²) in [5.41, 5.74) is 0.574. The van der Waals surface area contributed by atoms with Gasteiger partial charge in [0.2, 0.25) is 10.0 Å². The molecule has 1 fully saturated rings. The van der Waals surface area contributed by atoms with Gasteiger partial charge in [-0.25, -0.2) is 8.42 Å². The van der Waals surface area contributed by atoms with Gasteiger partial charge in [0.1, 0.15) is 4.90 Å². The summed E-state index contributed by atoms with van der Waals surface area (Å²) in [6.07, 6.45) is 5.34. The molecule has 2 heterocycles. The first-order valence-electron chi connectivity index (χ1n) is 6.91. The highest BCUT2D eigenvalue weighted by Crippen LogP contribution is 2.29. The Labute approximate surface area is 119 Å². The van der Waals surface area contributed by atoms with Crippen molar-refractivity contribution in [1.82, 2.24) is 9.29 Å². The molecule has 0 bridgehead atoms. The average Bonchev–Trinajstić information content (AvgIpc) is 2.94. The minimum absolute atomic E-state index is 0.142. The van der Waals surface area contributed by atoms with E-state index in [1.807, 2.05) is 6.92 Å². The van der Waals surface area contributed by atoms with Crippen LogP contribution in [0.25, 0.3) is 0 Å². The van der Waals surface area contributed by atoms with Crippen molar-refractivity contribution >= 4 is 15.7 Å². The zero-order chi connectivity index (χ0) is 14.6. The molecule has 1 aromatic rings. The Morgan fingerprint density at radius 1 is 1.55 bits per heavy atom. The lowest BCUT2D eigenvalue weighted by atomic mass is 10.2. The maximum absolute atomic E-state index is 12.7. The van der Waals surface area contributed by atoms with Crippen LogP contribution >= 0.6 is 0 Å². The molecule has 0 saturated carbocycles. The molecule has 0 radical (unpaired) electrons. The number of nitrogens with one attached hydrogen (secondary N) is 1. The van der Waals surface area contributed by atoms with Gasteiger partial charge in [-0.2, -0.15) is 4.31 Å². The number of aliphatic hydroxyl groups excluding tert-OH is 1. The van der Waals surface area contributed by atoms with E-state index >= 15 is 0 Å². The van der Waals surface area contributed by atoms with Crippen LogP contribution in [0.3, 0.4) is 0 Å². The van der Waals surface area contributed by atoms with Crippen molar-refractivity contribution in [3.63, 3.8) is 0 Å². The lowest BCUT2D eigenvalue weighted by Crippen LogP contribution is -2.37. The predicted octanol–water partition coefficient (Wildman–Crippen LogP) is 1.05. The number of hydrogen-bond acceptors (Lipinski definition) is 5. The van der Waals surface area contributed by atoms with E-state index in [1.165, 1.54) is 10.5 Å². The largest absolute Gasteiger partial charge is 0.395 e. The van der Waals surface area contributed by atoms with E-state index in [9.17, 15) is 13.5 Å². The van der Waals surface area contributed by atoms with Gasteiger partial charge in [0.05, 0.1) is 12.3 Å². The van der Waals surface area contributed by atoms with Crippen LogP contribution in [0.5, 0.6) is 0 Å². The molecule has 20 heavy (non-hydrogen) atoms. The molecule has 6 nitrogen and oxygen atoms in total. The molecule has 0 amide bonds. The smallest absolute Gasteiger partial charge is 0.247 e. The Morgan fingerprint density at radius 3 is 3.05 bits per heavy atom. The van der Waals surface area contributed by atoms with Gasteiger partial charge in [-0.3, -0.25) is 4.98 Å². The number of hydrogen-bond donors (Lipinski definition) is 2. The fourth-order valence-electron chi connectivity index (χ4n) is 2.43.